The van der Waals surface area contributed by atoms with Crippen LogP contribution in [0.4, 0.5) is 0 Å². The molecule has 0 fully saturated rings. The van der Waals surface area contributed by atoms with Crippen LogP contribution in [0.15, 0.2) is 103 Å². The standard InChI is InChI=1S/C24H22ClOP/c1-19(2)13-18-24(20-14-16-21(25)17-15-20)27(26,22-9-5-3-6-10-22)23-11-7-4-8-12-23/h3-18H,1-2H3/b24-18+. The van der Waals surface area contributed by atoms with E-state index in [0.717, 1.165) is 27.1 Å². The summed E-state index contributed by atoms with van der Waals surface area (Å²) in [5.74, 6) is 0. The fourth-order valence-electron chi connectivity index (χ4n) is 2.95. The van der Waals surface area contributed by atoms with Crippen LogP contribution < -0.4 is 10.6 Å². The third-order valence-electron chi connectivity index (χ3n) is 4.29. The van der Waals surface area contributed by atoms with Gasteiger partial charge < -0.3 is 4.57 Å². The molecule has 0 saturated heterocycles. The average molecular weight is 393 g/mol. The zero-order chi connectivity index (χ0) is 19.3. The molecule has 3 heteroatoms. The molecule has 0 N–H and O–H groups in total. The molecule has 0 aliphatic rings. The van der Waals surface area contributed by atoms with Crippen LogP contribution in [-0.2, 0) is 4.57 Å². The quantitative estimate of drug-likeness (QED) is 0.350. The SMILES string of the molecule is CC(C)=C/C=C(\c1ccc(Cl)cc1)P(=O)(c1ccccc1)c1ccccc1. The monoisotopic (exact) mass is 392 g/mol. The van der Waals surface area contributed by atoms with E-state index in [2.05, 4.69) is 0 Å². The Labute approximate surface area is 166 Å². The molecule has 136 valence electrons. The van der Waals surface area contributed by atoms with Gasteiger partial charge >= 0.3 is 0 Å². The average Bonchev–Trinajstić information content (AvgIpc) is 2.70. The molecule has 3 aromatic rings. The Morgan fingerprint density at radius 3 is 1.67 bits per heavy atom. The minimum Gasteiger partial charge on any atom is -0.309 e. The Hall–Kier alpha value is -2.34. The van der Waals surface area contributed by atoms with Crippen molar-refractivity contribution in [1.29, 1.82) is 0 Å². The van der Waals surface area contributed by atoms with E-state index in [1.165, 1.54) is 0 Å². The normalized spacial score (nSPS) is 11.9. The maximum Gasteiger partial charge on any atom is 0.171 e. The number of allylic oxidation sites excluding steroid dienone is 3. The Morgan fingerprint density at radius 1 is 0.741 bits per heavy atom. The van der Waals surface area contributed by atoms with Crippen LogP contribution in [0.25, 0.3) is 5.31 Å². The summed E-state index contributed by atoms with van der Waals surface area (Å²) in [5.41, 5.74) is 2.06. The minimum absolute atomic E-state index is 0.662. The van der Waals surface area contributed by atoms with Crippen molar-refractivity contribution in [2.24, 2.45) is 0 Å². The first-order chi connectivity index (χ1) is 13.0. The van der Waals surface area contributed by atoms with E-state index in [-0.39, 0.29) is 0 Å². The molecule has 0 radical (unpaired) electrons. The van der Waals surface area contributed by atoms with E-state index in [0.29, 0.717) is 5.02 Å². The summed E-state index contributed by atoms with van der Waals surface area (Å²) in [6, 6.07) is 27.0. The van der Waals surface area contributed by atoms with Crippen LogP contribution in [0.1, 0.15) is 19.4 Å². The number of hydrogen-bond acceptors (Lipinski definition) is 1. The van der Waals surface area contributed by atoms with Crippen molar-refractivity contribution in [1.82, 2.24) is 0 Å². The highest BCUT2D eigenvalue weighted by Gasteiger charge is 2.32. The van der Waals surface area contributed by atoms with Crippen molar-refractivity contribution < 1.29 is 4.57 Å². The number of benzene rings is 3. The van der Waals surface area contributed by atoms with Crippen molar-refractivity contribution in [2.45, 2.75) is 13.8 Å². The third kappa shape index (κ3) is 4.33. The summed E-state index contributed by atoms with van der Waals surface area (Å²) in [4.78, 5) is 0. The largest absolute Gasteiger partial charge is 0.309 e. The summed E-state index contributed by atoms with van der Waals surface area (Å²) in [6.07, 6.45) is 4.00. The predicted octanol–water partition coefficient (Wildman–Crippen LogP) is 6.66. The highest BCUT2D eigenvalue weighted by atomic mass is 35.5. The molecule has 0 bridgehead atoms. The Morgan fingerprint density at radius 2 is 1.22 bits per heavy atom. The maximum absolute atomic E-state index is 14.7. The molecule has 3 rings (SSSR count). The van der Waals surface area contributed by atoms with Gasteiger partial charge in [0.15, 0.2) is 7.14 Å². The third-order valence-corrected chi connectivity index (χ3v) is 7.68. The fraction of sp³-hybridized carbons (Fsp3) is 0.0833. The maximum atomic E-state index is 14.7. The lowest BCUT2D eigenvalue weighted by molar-refractivity contribution is 0.593. The first kappa shape index (κ1) is 19.4. The second kappa shape index (κ2) is 8.57. The Bertz CT molecular complexity index is 956. The van der Waals surface area contributed by atoms with E-state index < -0.39 is 7.14 Å². The molecule has 0 amide bonds. The summed E-state index contributed by atoms with van der Waals surface area (Å²) >= 11 is 6.09. The highest BCUT2D eigenvalue weighted by Crippen LogP contribution is 2.56. The van der Waals surface area contributed by atoms with Gasteiger partial charge in [-0.15, -0.1) is 0 Å². The summed E-state index contributed by atoms with van der Waals surface area (Å²) in [7, 11) is -3.05. The van der Waals surface area contributed by atoms with Crippen LogP contribution in [0.3, 0.4) is 0 Å². The molecular formula is C24H22ClOP. The van der Waals surface area contributed by atoms with E-state index in [4.69, 9.17) is 11.6 Å². The zero-order valence-corrected chi connectivity index (χ0v) is 17.1. The van der Waals surface area contributed by atoms with Gasteiger partial charge in [-0.2, -0.15) is 0 Å². The van der Waals surface area contributed by atoms with Crippen LogP contribution >= 0.6 is 18.7 Å². The van der Waals surface area contributed by atoms with E-state index in [1.807, 2.05) is 111 Å². The van der Waals surface area contributed by atoms with Crippen LogP contribution in [0.5, 0.6) is 0 Å². The van der Waals surface area contributed by atoms with E-state index in [9.17, 15) is 4.57 Å². The molecule has 0 aliphatic heterocycles. The molecule has 3 aromatic carbocycles. The van der Waals surface area contributed by atoms with Gasteiger partial charge in [0.25, 0.3) is 0 Å². The molecule has 0 unspecified atom stereocenters. The molecule has 0 heterocycles. The topological polar surface area (TPSA) is 17.1 Å². The number of rotatable bonds is 5. The minimum atomic E-state index is -3.05. The van der Waals surface area contributed by atoms with Crippen molar-refractivity contribution in [3.8, 4) is 0 Å². The molecule has 0 aliphatic carbocycles. The first-order valence-electron chi connectivity index (χ1n) is 8.85. The lowest BCUT2D eigenvalue weighted by Crippen LogP contribution is -2.17. The van der Waals surface area contributed by atoms with Crippen molar-refractivity contribution in [2.75, 3.05) is 0 Å². The summed E-state index contributed by atoms with van der Waals surface area (Å²) < 4.78 is 14.7. The Kier molecular flexibility index (Phi) is 6.16. The second-order valence-corrected chi connectivity index (χ2v) is 9.75. The van der Waals surface area contributed by atoms with Crippen LogP contribution in [0, 0.1) is 0 Å². The Balaban J connectivity index is 2.32. The van der Waals surface area contributed by atoms with Gasteiger partial charge in [0.05, 0.1) is 0 Å². The predicted molar refractivity (Wildman–Crippen MR) is 119 cm³/mol. The molecule has 1 nitrogen and oxygen atoms in total. The van der Waals surface area contributed by atoms with Crippen molar-refractivity contribution >= 4 is 34.7 Å². The van der Waals surface area contributed by atoms with E-state index >= 15 is 0 Å². The zero-order valence-electron chi connectivity index (χ0n) is 15.5. The molecular weight excluding hydrogens is 371 g/mol. The fourth-order valence-corrected chi connectivity index (χ4v) is 5.91. The molecule has 0 spiro atoms. The van der Waals surface area contributed by atoms with Crippen molar-refractivity contribution in [3.05, 3.63) is 113 Å². The molecule has 27 heavy (non-hydrogen) atoms. The van der Waals surface area contributed by atoms with Gasteiger partial charge in [-0.05, 0) is 31.5 Å². The molecule has 0 aromatic heterocycles. The van der Waals surface area contributed by atoms with Gasteiger partial charge in [0, 0.05) is 20.9 Å². The van der Waals surface area contributed by atoms with E-state index in [1.54, 1.807) is 0 Å². The summed E-state index contributed by atoms with van der Waals surface area (Å²) in [5, 5.41) is 3.10. The van der Waals surface area contributed by atoms with Gasteiger partial charge in [0.2, 0.25) is 0 Å². The second-order valence-electron chi connectivity index (χ2n) is 6.58. The lowest BCUT2D eigenvalue weighted by atomic mass is 10.2. The number of hydrogen-bond donors (Lipinski definition) is 0. The van der Waals surface area contributed by atoms with Crippen molar-refractivity contribution in [3.63, 3.8) is 0 Å². The molecule has 0 saturated carbocycles. The van der Waals surface area contributed by atoms with Gasteiger partial charge in [-0.25, -0.2) is 0 Å². The lowest BCUT2D eigenvalue weighted by Gasteiger charge is -2.23. The first-order valence-corrected chi connectivity index (χ1v) is 10.9. The summed E-state index contributed by atoms with van der Waals surface area (Å²) in [6.45, 7) is 4.07. The van der Waals surface area contributed by atoms with Crippen LogP contribution in [0.2, 0.25) is 5.02 Å². The highest BCUT2D eigenvalue weighted by molar-refractivity contribution is 7.87. The van der Waals surface area contributed by atoms with Gasteiger partial charge in [-0.1, -0.05) is 102 Å². The molecule has 0 atom stereocenters. The van der Waals surface area contributed by atoms with Gasteiger partial charge in [-0.3, -0.25) is 0 Å². The van der Waals surface area contributed by atoms with Crippen LogP contribution in [-0.4, -0.2) is 0 Å². The smallest absolute Gasteiger partial charge is 0.171 e. The number of halogens is 1. The van der Waals surface area contributed by atoms with Gasteiger partial charge in [0.1, 0.15) is 0 Å².